The van der Waals surface area contributed by atoms with E-state index in [9.17, 15) is 0 Å². The lowest BCUT2D eigenvalue weighted by Gasteiger charge is -2.10. The molecule has 108 valence electrons. The number of hydrogen-bond acceptors (Lipinski definition) is 2. The highest BCUT2D eigenvalue weighted by Crippen LogP contribution is 2.28. The van der Waals surface area contributed by atoms with Gasteiger partial charge in [0.15, 0.2) is 0 Å². The molecule has 0 fully saturated rings. The number of nitrogens with zero attached hydrogens (tertiary/aromatic N) is 3. The average Bonchev–Trinajstić information content (AvgIpc) is 2.87. The predicted octanol–water partition coefficient (Wildman–Crippen LogP) is 4.63. The molecule has 0 aliphatic heterocycles. The molecule has 0 spiro atoms. The molecular weight excluding hydrogens is 305 g/mol. The molecule has 0 aliphatic rings. The van der Waals surface area contributed by atoms with Crippen molar-refractivity contribution >= 4 is 34.2 Å². The fourth-order valence-corrected chi connectivity index (χ4v) is 2.82. The van der Waals surface area contributed by atoms with Gasteiger partial charge in [0.1, 0.15) is 11.3 Å². The third kappa shape index (κ3) is 2.89. The summed E-state index contributed by atoms with van der Waals surface area (Å²) in [5.41, 5.74) is 2.87. The number of alkyl halides is 1. The van der Waals surface area contributed by atoms with E-state index in [2.05, 4.69) is 14.5 Å². The van der Waals surface area contributed by atoms with Crippen LogP contribution in [0.4, 0.5) is 0 Å². The first-order valence-corrected chi connectivity index (χ1v) is 7.67. The molecule has 1 unspecified atom stereocenters. The Hall–Kier alpha value is -1.58. The van der Waals surface area contributed by atoms with Crippen LogP contribution < -0.4 is 0 Å². The van der Waals surface area contributed by atoms with Gasteiger partial charge in [-0.3, -0.25) is 4.98 Å². The van der Waals surface area contributed by atoms with Crippen molar-refractivity contribution in [1.82, 2.24) is 14.5 Å². The summed E-state index contributed by atoms with van der Waals surface area (Å²) in [6, 6.07) is 11.7. The first-order valence-electron chi connectivity index (χ1n) is 6.85. The lowest BCUT2D eigenvalue weighted by Crippen LogP contribution is -2.07. The Morgan fingerprint density at radius 3 is 2.76 bits per heavy atom. The predicted molar refractivity (Wildman–Crippen MR) is 87.0 cm³/mol. The third-order valence-corrected chi connectivity index (χ3v) is 3.93. The van der Waals surface area contributed by atoms with Crippen LogP contribution in [0.5, 0.6) is 0 Å². The minimum atomic E-state index is -0.169. The summed E-state index contributed by atoms with van der Waals surface area (Å²) in [5.74, 6) is 0.843. The lowest BCUT2D eigenvalue weighted by molar-refractivity contribution is 0.660. The van der Waals surface area contributed by atoms with Gasteiger partial charge in [0.05, 0.1) is 15.9 Å². The maximum Gasteiger partial charge on any atom is 0.127 e. The molecule has 0 aliphatic carbocycles. The third-order valence-electron chi connectivity index (χ3n) is 3.43. The van der Waals surface area contributed by atoms with E-state index >= 15 is 0 Å². The Kier molecular flexibility index (Phi) is 4.13. The Bertz CT molecular complexity index is 751. The molecule has 5 heteroatoms. The van der Waals surface area contributed by atoms with E-state index in [1.54, 1.807) is 0 Å². The van der Waals surface area contributed by atoms with Crippen LogP contribution in [0.2, 0.25) is 5.02 Å². The SMILES string of the molecule is CC(Cl)c1nc2c(Cl)cccc2n1CCc1ccccn1. The second-order valence-corrected chi connectivity index (χ2v) is 5.98. The number of pyridine rings is 1. The van der Waals surface area contributed by atoms with Crippen molar-refractivity contribution in [3.63, 3.8) is 0 Å². The smallest absolute Gasteiger partial charge is 0.127 e. The Balaban J connectivity index is 2.00. The molecular formula is C16H15Cl2N3. The fraction of sp³-hybridized carbons (Fsp3) is 0.250. The van der Waals surface area contributed by atoms with Crippen molar-refractivity contribution < 1.29 is 0 Å². The highest BCUT2D eigenvalue weighted by molar-refractivity contribution is 6.35. The maximum absolute atomic E-state index is 6.27. The molecule has 0 saturated heterocycles. The lowest BCUT2D eigenvalue weighted by atomic mass is 10.2. The molecule has 0 radical (unpaired) electrons. The van der Waals surface area contributed by atoms with Crippen LogP contribution in [0.3, 0.4) is 0 Å². The molecule has 3 nitrogen and oxygen atoms in total. The zero-order chi connectivity index (χ0) is 14.8. The molecule has 0 N–H and O–H groups in total. The Morgan fingerprint density at radius 1 is 1.19 bits per heavy atom. The molecule has 0 bridgehead atoms. The minimum absolute atomic E-state index is 0.169. The molecule has 2 heterocycles. The quantitative estimate of drug-likeness (QED) is 0.656. The molecule has 21 heavy (non-hydrogen) atoms. The van der Waals surface area contributed by atoms with Crippen molar-refractivity contribution in [1.29, 1.82) is 0 Å². The second kappa shape index (κ2) is 6.04. The molecule has 3 rings (SSSR count). The number of fused-ring (bicyclic) bond motifs is 1. The van der Waals surface area contributed by atoms with Gasteiger partial charge in [-0.2, -0.15) is 0 Å². The Labute approximate surface area is 133 Å². The van der Waals surface area contributed by atoms with Gasteiger partial charge in [0.2, 0.25) is 0 Å². The normalized spacial score (nSPS) is 12.7. The van der Waals surface area contributed by atoms with Crippen LogP contribution >= 0.6 is 23.2 Å². The number of aromatic nitrogens is 3. The van der Waals surface area contributed by atoms with E-state index < -0.39 is 0 Å². The fourth-order valence-electron chi connectivity index (χ4n) is 2.44. The Morgan fingerprint density at radius 2 is 2.05 bits per heavy atom. The number of para-hydroxylation sites is 1. The number of imidazole rings is 1. The first-order chi connectivity index (χ1) is 10.2. The average molecular weight is 320 g/mol. The van der Waals surface area contributed by atoms with E-state index in [1.807, 2.05) is 49.5 Å². The summed E-state index contributed by atoms with van der Waals surface area (Å²) in [6.07, 6.45) is 2.64. The van der Waals surface area contributed by atoms with Crippen LogP contribution in [0.25, 0.3) is 11.0 Å². The van der Waals surface area contributed by atoms with Gasteiger partial charge in [-0.05, 0) is 31.2 Å². The van der Waals surface area contributed by atoms with E-state index in [4.69, 9.17) is 23.2 Å². The van der Waals surface area contributed by atoms with Gasteiger partial charge in [-0.25, -0.2) is 4.98 Å². The molecule has 0 saturated carbocycles. The van der Waals surface area contributed by atoms with Crippen molar-refractivity contribution in [3.05, 3.63) is 59.1 Å². The number of benzene rings is 1. The number of hydrogen-bond donors (Lipinski definition) is 0. The van der Waals surface area contributed by atoms with Crippen molar-refractivity contribution in [2.45, 2.75) is 25.3 Å². The van der Waals surface area contributed by atoms with Gasteiger partial charge in [-0.15, -0.1) is 11.6 Å². The summed E-state index contributed by atoms with van der Waals surface area (Å²) in [4.78, 5) is 8.96. The van der Waals surface area contributed by atoms with E-state index in [0.717, 1.165) is 35.5 Å². The van der Waals surface area contributed by atoms with Gasteiger partial charge >= 0.3 is 0 Å². The standard InChI is InChI=1S/C16H15Cl2N3/c1-11(17)16-20-15-13(18)6-4-7-14(15)21(16)10-8-12-5-2-3-9-19-12/h2-7,9,11H,8,10H2,1H3. The highest BCUT2D eigenvalue weighted by atomic mass is 35.5. The number of halogens is 2. The van der Waals surface area contributed by atoms with Gasteiger partial charge in [-0.1, -0.05) is 23.7 Å². The molecule has 1 aromatic carbocycles. The van der Waals surface area contributed by atoms with E-state index in [0.29, 0.717) is 5.02 Å². The zero-order valence-corrected chi connectivity index (χ0v) is 13.1. The van der Waals surface area contributed by atoms with Crippen LogP contribution in [-0.2, 0) is 13.0 Å². The van der Waals surface area contributed by atoms with Crippen LogP contribution in [0, 0.1) is 0 Å². The van der Waals surface area contributed by atoms with E-state index in [-0.39, 0.29) is 5.38 Å². The second-order valence-electron chi connectivity index (χ2n) is 4.92. The molecule has 2 aromatic heterocycles. The summed E-state index contributed by atoms with van der Waals surface area (Å²) in [5, 5.41) is 0.486. The molecule has 0 amide bonds. The maximum atomic E-state index is 6.27. The van der Waals surface area contributed by atoms with E-state index in [1.165, 1.54) is 0 Å². The summed E-state index contributed by atoms with van der Waals surface area (Å²) in [6.45, 7) is 2.70. The zero-order valence-electron chi connectivity index (χ0n) is 11.6. The largest absolute Gasteiger partial charge is 0.326 e. The molecule has 1 atom stereocenters. The highest BCUT2D eigenvalue weighted by Gasteiger charge is 2.16. The summed E-state index contributed by atoms with van der Waals surface area (Å²) < 4.78 is 2.13. The van der Waals surface area contributed by atoms with Crippen LogP contribution in [0.15, 0.2) is 42.6 Å². The number of aryl methyl sites for hydroxylation is 2. The minimum Gasteiger partial charge on any atom is -0.326 e. The van der Waals surface area contributed by atoms with Crippen molar-refractivity contribution in [2.24, 2.45) is 0 Å². The summed E-state index contributed by atoms with van der Waals surface area (Å²) in [7, 11) is 0. The van der Waals surface area contributed by atoms with Crippen molar-refractivity contribution in [2.75, 3.05) is 0 Å². The van der Waals surface area contributed by atoms with Crippen molar-refractivity contribution in [3.8, 4) is 0 Å². The number of rotatable bonds is 4. The monoisotopic (exact) mass is 319 g/mol. The topological polar surface area (TPSA) is 30.7 Å². The van der Waals surface area contributed by atoms with Crippen LogP contribution in [0.1, 0.15) is 23.8 Å². The van der Waals surface area contributed by atoms with Gasteiger partial charge < -0.3 is 4.57 Å². The van der Waals surface area contributed by atoms with Gasteiger partial charge in [0.25, 0.3) is 0 Å². The summed E-state index contributed by atoms with van der Waals surface area (Å²) >= 11 is 12.5. The first kappa shape index (κ1) is 14.4. The van der Waals surface area contributed by atoms with Gasteiger partial charge in [0, 0.05) is 24.9 Å². The molecule has 3 aromatic rings. The van der Waals surface area contributed by atoms with Crippen LogP contribution in [-0.4, -0.2) is 14.5 Å².